The number of aryl methyl sites for hydroxylation is 1. The number of ether oxygens (including phenoxy) is 1. The average Bonchev–Trinajstić information content (AvgIpc) is 2.12. The molecule has 1 aromatic rings. The monoisotopic (exact) mass is 181 g/mol. The molecule has 0 saturated carbocycles. The lowest BCUT2D eigenvalue weighted by molar-refractivity contribution is -0.612. The Hall–Kier alpha value is -1.25. The van der Waals surface area contributed by atoms with Crippen molar-refractivity contribution in [1.82, 2.24) is 0 Å². The van der Waals surface area contributed by atoms with E-state index in [1.807, 2.05) is 6.07 Å². The second-order valence-electron chi connectivity index (χ2n) is 3.03. The van der Waals surface area contributed by atoms with Crippen LogP contribution in [0, 0.1) is 12.1 Å². The zero-order chi connectivity index (χ0) is 9.68. The van der Waals surface area contributed by atoms with E-state index >= 15 is 0 Å². The van der Waals surface area contributed by atoms with Crippen molar-refractivity contribution in [1.29, 1.82) is 0 Å². The van der Waals surface area contributed by atoms with Crippen LogP contribution in [0.1, 0.15) is 25.5 Å². The lowest BCUT2D eigenvalue weighted by Gasteiger charge is -2.05. The fraction of sp³-hybridized carbons (Fsp3) is 0.500. The maximum atomic E-state index is 11.1. The van der Waals surface area contributed by atoms with Crippen molar-refractivity contribution in [3.63, 3.8) is 0 Å². The summed E-state index contributed by atoms with van der Waals surface area (Å²) in [6, 6.07) is 3.58. The summed E-state index contributed by atoms with van der Waals surface area (Å²) >= 11 is 0. The first kappa shape index (κ1) is 9.84. The van der Waals surface area contributed by atoms with Gasteiger partial charge in [0, 0.05) is 13.0 Å². The van der Waals surface area contributed by atoms with E-state index in [1.54, 1.807) is 13.0 Å². The van der Waals surface area contributed by atoms with Gasteiger partial charge in [0.1, 0.15) is 0 Å². The molecule has 0 atom stereocenters. The Morgan fingerprint density at radius 1 is 1.46 bits per heavy atom. The normalized spacial score (nSPS) is 10.0. The molecule has 0 aliphatic heterocycles. The number of aromatic nitrogens is 1. The molecule has 0 N–H and O–H groups in total. The molecule has 3 heteroatoms. The maximum Gasteiger partial charge on any atom is 0.222 e. The predicted molar refractivity (Wildman–Crippen MR) is 50.5 cm³/mol. The zero-order valence-electron chi connectivity index (χ0n) is 8.12. The number of hydrogen-bond acceptors (Lipinski definition) is 2. The molecule has 13 heavy (non-hydrogen) atoms. The van der Waals surface area contributed by atoms with Gasteiger partial charge in [-0.05, 0) is 12.5 Å². The van der Waals surface area contributed by atoms with Crippen LogP contribution in [0.25, 0.3) is 0 Å². The third-order valence-corrected chi connectivity index (χ3v) is 1.85. The molecule has 0 spiro atoms. The summed E-state index contributed by atoms with van der Waals surface area (Å²) in [6.45, 7) is 4.55. The van der Waals surface area contributed by atoms with Crippen LogP contribution in [0.2, 0.25) is 0 Å². The molecule has 1 heterocycles. The Bertz CT molecular complexity index is 274. The SMILES string of the molecule is CCCCOc1ccc(C)[n+]([O-])c1. The van der Waals surface area contributed by atoms with Crippen LogP contribution in [0.15, 0.2) is 18.3 Å². The quantitative estimate of drug-likeness (QED) is 0.403. The minimum atomic E-state index is 0.647. The first-order chi connectivity index (χ1) is 6.24. The summed E-state index contributed by atoms with van der Waals surface area (Å²) in [5, 5.41) is 11.1. The summed E-state index contributed by atoms with van der Waals surface area (Å²) in [5.74, 6) is 0.647. The van der Waals surface area contributed by atoms with Crippen LogP contribution in [-0.4, -0.2) is 6.61 Å². The fourth-order valence-corrected chi connectivity index (χ4v) is 0.956. The van der Waals surface area contributed by atoms with Crippen molar-refractivity contribution in [2.75, 3.05) is 6.61 Å². The van der Waals surface area contributed by atoms with Crippen molar-refractivity contribution in [3.05, 3.63) is 29.2 Å². The van der Waals surface area contributed by atoms with Crippen molar-refractivity contribution in [3.8, 4) is 5.75 Å². The molecule has 0 bridgehead atoms. The number of hydrogen-bond donors (Lipinski definition) is 0. The maximum absolute atomic E-state index is 11.1. The molecule has 0 aliphatic rings. The van der Waals surface area contributed by atoms with Gasteiger partial charge in [-0.15, -0.1) is 0 Å². The Morgan fingerprint density at radius 3 is 2.85 bits per heavy atom. The molecule has 3 nitrogen and oxygen atoms in total. The standard InChI is InChI=1S/C10H15NO2/c1-3-4-7-13-10-6-5-9(2)11(12)8-10/h5-6,8H,3-4,7H2,1-2H3. The number of nitrogens with zero attached hydrogens (tertiary/aromatic N) is 1. The van der Waals surface area contributed by atoms with Crippen LogP contribution in [-0.2, 0) is 0 Å². The van der Waals surface area contributed by atoms with Gasteiger partial charge in [-0.1, -0.05) is 13.3 Å². The van der Waals surface area contributed by atoms with E-state index in [2.05, 4.69) is 6.92 Å². The van der Waals surface area contributed by atoms with E-state index in [-0.39, 0.29) is 0 Å². The lowest BCUT2D eigenvalue weighted by Crippen LogP contribution is -2.29. The highest BCUT2D eigenvalue weighted by Crippen LogP contribution is 2.07. The highest BCUT2D eigenvalue weighted by atomic mass is 16.5. The molecule has 0 aliphatic carbocycles. The smallest absolute Gasteiger partial charge is 0.222 e. The summed E-state index contributed by atoms with van der Waals surface area (Å²) in [4.78, 5) is 0. The molecule has 1 rings (SSSR count). The molecular weight excluding hydrogens is 166 g/mol. The van der Waals surface area contributed by atoms with Gasteiger partial charge in [0.2, 0.25) is 6.20 Å². The van der Waals surface area contributed by atoms with Crippen LogP contribution in [0.5, 0.6) is 5.75 Å². The molecule has 0 fully saturated rings. The third kappa shape index (κ3) is 2.93. The lowest BCUT2D eigenvalue weighted by atomic mass is 10.3. The second-order valence-corrected chi connectivity index (χ2v) is 3.03. The van der Waals surface area contributed by atoms with E-state index in [0.717, 1.165) is 17.6 Å². The topological polar surface area (TPSA) is 36.2 Å². The summed E-state index contributed by atoms with van der Waals surface area (Å²) in [5.41, 5.74) is 0.683. The van der Waals surface area contributed by atoms with Crippen LogP contribution in [0.4, 0.5) is 0 Å². The van der Waals surface area contributed by atoms with Crippen molar-refractivity contribution < 1.29 is 9.47 Å². The molecule has 0 aromatic carbocycles. The molecule has 0 unspecified atom stereocenters. The summed E-state index contributed by atoms with van der Waals surface area (Å²) in [6.07, 6.45) is 3.58. The summed E-state index contributed by atoms with van der Waals surface area (Å²) < 4.78 is 6.18. The second kappa shape index (κ2) is 4.70. The highest BCUT2D eigenvalue weighted by molar-refractivity contribution is 5.15. The van der Waals surface area contributed by atoms with E-state index in [0.29, 0.717) is 18.1 Å². The van der Waals surface area contributed by atoms with Crippen molar-refractivity contribution in [2.45, 2.75) is 26.7 Å². The van der Waals surface area contributed by atoms with E-state index < -0.39 is 0 Å². The number of rotatable bonds is 4. The Labute approximate surface area is 78.5 Å². The number of pyridine rings is 1. The molecule has 0 radical (unpaired) electrons. The first-order valence-corrected chi connectivity index (χ1v) is 4.56. The minimum Gasteiger partial charge on any atom is -0.618 e. The predicted octanol–water partition coefficient (Wildman–Crippen LogP) is 1.81. The van der Waals surface area contributed by atoms with Gasteiger partial charge in [0.05, 0.1) is 6.61 Å². The van der Waals surface area contributed by atoms with Gasteiger partial charge in [-0.3, -0.25) is 0 Å². The molecule has 0 saturated heterocycles. The molecule has 1 aromatic heterocycles. The first-order valence-electron chi connectivity index (χ1n) is 4.56. The third-order valence-electron chi connectivity index (χ3n) is 1.85. The van der Waals surface area contributed by atoms with E-state index in [9.17, 15) is 5.21 Å². The van der Waals surface area contributed by atoms with Gasteiger partial charge >= 0.3 is 0 Å². The minimum absolute atomic E-state index is 0.647. The van der Waals surface area contributed by atoms with Gasteiger partial charge < -0.3 is 9.94 Å². The van der Waals surface area contributed by atoms with Crippen molar-refractivity contribution in [2.24, 2.45) is 0 Å². The van der Waals surface area contributed by atoms with Gasteiger partial charge in [-0.25, -0.2) is 0 Å². The summed E-state index contributed by atoms with van der Waals surface area (Å²) in [7, 11) is 0. The largest absolute Gasteiger partial charge is 0.618 e. The van der Waals surface area contributed by atoms with Crippen LogP contribution in [0.3, 0.4) is 0 Å². The van der Waals surface area contributed by atoms with E-state index in [4.69, 9.17) is 4.74 Å². The van der Waals surface area contributed by atoms with Crippen LogP contribution >= 0.6 is 0 Å². The van der Waals surface area contributed by atoms with Crippen LogP contribution < -0.4 is 9.47 Å². The van der Waals surface area contributed by atoms with E-state index in [1.165, 1.54) is 6.20 Å². The molecular formula is C10H15NO2. The highest BCUT2D eigenvalue weighted by Gasteiger charge is 2.01. The van der Waals surface area contributed by atoms with Gasteiger partial charge in [0.25, 0.3) is 0 Å². The Morgan fingerprint density at radius 2 is 2.23 bits per heavy atom. The number of unbranched alkanes of at least 4 members (excludes halogenated alkanes) is 1. The Balaban J connectivity index is 2.53. The zero-order valence-corrected chi connectivity index (χ0v) is 8.12. The van der Waals surface area contributed by atoms with Crippen molar-refractivity contribution >= 4 is 0 Å². The fourth-order valence-electron chi connectivity index (χ4n) is 0.956. The molecule has 72 valence electrons. The van der Waals surface area contributed by atoms with Gasteiger partial charge in [0.15, 0.2) is 11.4 Å². The average molecular weight is 181 g/mol. The molecule has 0 amide bonds. The van der Waals surface area contributed by atoms with Gasteiger partial charge in [-0.2, -0.15) is 4.73 Å². The Kier molecular flexibility index (Phi) is 3.55.